The summed E-state index contributed by atoms with van der Waals surface area (Å²) in [6, 6.07) is 7.77. The quantitative estimate of drug-likeness (QED) is 0.186. The van der Waals surface area contributed by atoms with E-state index in [2.05, 4.69) is 23.4 Å². The number of morpholine rings is 1. The summed E-state index contributed by atoms with van der Waals surface area (Å²) in [5, 5.41) is 13.5. The van der Waals surface area contributed by atoms with Gasteiger partial charge in [0.25, 0.3) is 0 Å². The average molecular weight is 667 g/mol. The van der Waals surface area contributed by atoms with E-state index < -0.39 is 47.7 Å². The number of rotatable bonds is 17. The number of carbonyl (C=O) groups excluding carboxylic acids is 4. The van der Waals surface area contributed by atoms with E-state index in [0.29, 0.717) is 52.0 Å². The zero-order valence-corrected chi connectivity index (χ0v) is 28.0. The first-order chi connectivity index (χ1) is 23.2. The van der Waals surface area contributed by atoms with Crippen LogP contribution in [0.3, 0.4) is 0 Å². The number of hydrogen-bond donors (Lipinski definition) is 2. The van der Waals surface area contributed by atoms with Gasteiger partial charge in [-0.3, -0.25) is 24.1 Å². The van der Waals surface area contributed by atoms with E-state index in [9.17, 15) is 24.3 Å². The first kappa shape index (κ1) is 35.7. The summed E-state index contributed by atoms with van der Waals surface area (Å²) in [6.45, 7) is 13.1. The standard InChI is InChI=1S/C36H50N4O8/c1-4-6-12-29(42)37-23-25(3)47-35(45)30-28-13-14-36(48-28)31(30)33(43)40(27(24-41)22-26-10-8-7-9-11-26)32(36)34(44)39(15-5-2)17-16-38-18-20-46-21-19-38/h4-5,7-11,25,27-28,30-32,41H,1-2,6,12-24H2,3H3,(H,37,42)/t25-,27+,28-,30+,31+,32-,36+/m0/s1. The van der Waals surface area contributed by atoms with Crippen LogP contribution < -0.4 is 5.32 Å². The zero-order valence-electron chi connectivity index (χ0n) is 28.0. The highest BCUT2D eigenvalue weighted by molar-refractivity contribution is 5.98. The van der Waals surface area contributed by atoms with Gasteiger partial charge in [-0.2, -0.15) is 0 Å². The van der Waals surface area contributed by atoms with E-state index in [1.54, 1.807) is 24.0 Å². The van der Waals surface area contributed by atoms with Gasteiger partial charge in [-0.25, -0.2) is 0 Å². The summed E-state index contributed by atoms with van der Waals surface area (Å²) in [5.41, 5.74) is -0.335. The van der Waals surface area contributed by atoms with Crippen LogP contribution in [-0.2, 0) is 39.8 Å². The second-order valence-corrected chi connectivity index (χ2v) is 13.2. The Morgan fingerprint density at radius 2 is 1.94 bits per heavy atom. The number of aliphatic hydroxyl groups is 1. The Labute approximate surface area is 283 Å². The second kappa shape index (κ2) is 16.2. The lowest BCUT2D eigenvalue weighted by molar-refractivity contribution is -0.160. The Bertz CT molecular complexity index is 1320. The van der Waals surface area contributed by atoms with Crippen LogP contribution in [0.1, 0.15) is 38.2 Å². The molecule has 0 saturated carbocycles. The SMILES string of the molecule is C=CCCC(=O)NC[C@H](C)OC(=O)[C@@H]1[C@@H]2CC[C@]3(O2)[C@H](C(=O)N(CC=C)CCN2CCOCC2)N([C@@H](CO)Cc2ccccc2)C(=O)[C@@H]13. The van der Waals surface area contributed by atoms with Gasteiger partial charge in [0.05, 0.1) is 50.3 Å². The third kappa shape index (κ3) is 7.51. The molecule has 2 bridgehead atoms. The number of likely N-dealkylation sites (tertiary alicyclic amines) is 1. The van der Waals surface area contributed by atoms with Gasteiger partial charge in [0.15, 0.2) is 0 Å². The van der Waals surface area contributed by atoms with E-state index >= 15 is 0 Å². The van der Waals surface area contributed by atoms with E-state index in [4.69, 9.17) is 14.2 Å². The molecule has 0 radical (unpaired) electrons. The maximum atomic E-state index is 14.8. The van der Waals surface area contributed by atoms with Gasteiger partial charge < -0.3 is 34.4 Å². The number of amides is 3. The second-order valence-electron chi connectivity index (χ2n) is 13.2. The molecule has 1 aromatic rings. The maximum absolute atomic E-state index is 14.8. The Morgan fingerprint density at radius 1 is 1.19 bits per heavy atom. The average Bonchev–Trinajstić information content (AvgIpc) is 3.75. The number of hydrogen-bond acceptors (Lipinski definition) is 9. The highest BCUT2D eigenvalue weighted by Crippen LogP contribution is 2.59. The van der Waals surface area contributed by atoms with Crippen molar-refractivity contribution in [3.05, 3.63) is 61.2 Å². The number of nitrogens with zero attached hydrogens (tertiary/aromatic N) is 3. The van der Waals surface area contributed by atoms with E-state index in [-0.39, 0.29) is 43.8 Å². The molecular formula is C36H50N4O8. The highest BCUT2D eigenvalue weighted by atomic mass is 16.6. The van der Waals surface area contributed by atoms with Crippen molar-refractivity contribution in [3.63, 3.8) is 0 Å². The monoisotopic (exact) mass is 666 g/mol. The van der Waals surface area contributed by atoms with Crippen LogP contribution in [0.2, 0.25) is 0 Å². The third-order valence-corrected chi connectivity index (χ3v) is 10.1. The molecule has 4 fully saturated rings. The van der Waals surface area contributed by atoms with Crippen molar-refractivity contribution in [3.8, 4) is 0 Å². The molecule has 12 nitrogen and oxygen atoms in total. The topological polar surface area (TPSA) is 138 Å². The van der Waals surface area contributed by atoms with Gasteiger partial charge in [0, 0.05) is 39.1 Å². The van der Waals surface area contributed by atoms with Gasteiger partial charge in [-0.05, 0) is 38.2 Å². The highest BCUT2D eigenvalue weighted by Gasteiger charge is 2.75. The minimum atomic E-state index is -1.24. The summed E-state index contributed by atoms with van der Waals surface area (Å²) >= 11 is 0. The van der Waals surface area contributed by atoms with Crippen molar-refractivity contribution in [2.75, 3.05) is 59.1 Å². The lowest BCUT2D eigenvalue weighted by Gasteiger charge is -2.40. The van der Waals surface area contributed by atoms with Crippen LogP contribution in [0.5, 0.6) is 0 Å². The largest absolute Gasteiger partial charge is 0.460 e. The van der Waals surface area contributed by atoms with Crippen molar-refractivity contribution >= 4 is 23.7 Å². The van der Waals surface area contributed by atoms with Crippen LogP contribution >= 0.6 is 0 Å². The van der Waals surface area contributed by atoms with Crippen LogP contribution in [-0.4, -0.2) is 132 Å². The predicted octanol–water partition coefficient (Wildman–Crippen LogP) is 1.33. The molecule has 48 heavy (non-hydrogen) atoms. The molecule has 0 aromatic heterocycles. The van der Waals surface area contributed by atoms with Gasteiger partial charge in [-0.15, -0.1) is 13.2 Å². The van der Waals surface area contributed by atoms with Crippen LogP contribution in [0, 0.1) is 11.8 Å². The molecule has 7 atom stereocenters. The molecule has 4 heterocycles. The normalized spacial score (nSPS) is 27.6. The van der Waals surface area contributed by atoms with Crippen molar-refractivity contribution in [1.29, 1.82) is 0 Å². The molecule has 1 aromatic carbocycles. The zero-order chi connectivity index (χ0) is 34.3. The third-order valence-electron chi connectivity index (χ3n) is 10.1. The predicted molar refractivity (Wildman–Crippen MR) is 178 cm³/mol. The molecule has 4 aliphatic heterocycles. The fraction of sp³-hybridized carbons (Fsp3) is 0.611. The molecule has 1 spiro atoms. The van der Waals surface area contributed by atoms with E-state index in [1.807, 2.05) is 30.3 Å². The number of allylic oxidation sites excluding steroid dienone is 1. The maximum Gasteiger partial charge on any atom is 0.312 e. The fourth-order valence-electron chi connectivity index (χ4n) is 7.77. The summed E-state index contributed by atoms with van der Waals surface area (Å²) in [5.74, 6) is -3.28. The molecule has 4 aliphatic rings. The summed E-state index contributed by atoms with van der Waals surface area (Å²) in [7, 11) is 0. The smallest absolute Gasteiger partial charge is 0.312 e. The Morgan fingerprint density at radius 3 is 2.62 bits per heavy atom. The molecule has 5 rings (SSSR count). The number of carbonyl (C=O) groups is 4. The summed E-state index contributed by atoms with van der Waals surface area (Å²) in [4.78, 5) is 60.7. The van der Waals surface area contributed by atoms with Crippen LogP contribution in [0.15, 0.2) is 55.6 Å². The van der Waals surface area contributed by atoms with Crippen LogP contribution in [0.4, 0.5) is 0 Å². The number of benzene rings is 1. The van der Waals surface area contributed by atoms with Crippen molar-refractivity contribution in [1.82, 2.24) is 20.0 Å². The minimum Gasteiger partial charge on any atom is -0.460 e. The molecule has 12 heteroatoms. The lowest BCUT2D eigenvalue weighted by Crippen LogP contribution is -2.59. The molecule has 4 saturated heterocycles. The number of esters is 1. The van der Waals surface area contributed by atoms with E-state index in [1.165, 1.54) is 4.90 Å². The number of aliphatic hydroxyl groups excluding tert-OH is 1. The first-order valence-electron chi connectivity index (χ1n) is 17.2. The van der Waals surface area contributed by atoms with Crippen molar-refractivity contribution < 1.29 is 38.5 Å². The molecule has 0 unspecified atom stereocenters. The van der Waals surface area contributed by atoms with Gasteiger partial charge in [-0.1, -0.05) is 42.5 Å². The lowest BCUT2D eigenvalue weighted by atomic mass is 9.70. The van der Waals surface area contributed by atoms with Gasteiger partial charge in [0.2, 0.25) is 17.7 Å². The van der Waals surface area contributed by atoms with Crippen molar-refractivity contribution in [2.45, 2.75) is 68.9 Å². The molecule has 3 amide bonds. The number of fused-ring (bicyclic) bond motifs is 1. The molecule has 0 aliphatic carbocycles. The molecular weight excluding hydrogens is 616 g/mol. The number of ether oxygens (including phenoxy) is 3. The van der Waals surface area contributed by atoms with Crippen molar-refractivity contribution in [2.24, 2.45) is 11.8 Å². The molecule has 262 valence electrons. The molecule has 2 N–H and O–H groups in total. The van der Waals surface area contributed by atoms with Gasteiger partial charge in [0.1, 0.15) is 17.7 Å². The number of nitrogens with one attached hydrogen (secondary N) is 1. The Balaban J connectivity index is 1.41. The summed E-state index contributed by atoms with van der Waals surface area (Å²) in [6.07, 6.45) is 4.18. The summed E-state index contributed by atoms with van der Waals surface area (Å²) < 4.78 is 17.9. The van der Waals surface area contributed by atoms with Gasteiger partial charge >= 0.3 is 5.97 Å². The first-order valence-corrected chi connectivity index (χ1v) is 17.2. The Kier molecular flexibility index (Phi) is 12.1. The fourth-order valence-corrected chi connectivity index (χ4v) is 7.77. The van der Waals surface area contributed by atoms with E-state index in [0.717, 1.165) is 18.7 Å². The minimum absolute atomic E-state index is 0.125. The Hall–Kier alpha value is -3.58. The van der Waals surface area contributed by atoms with Crippen LogP contribution in [0.25, 0.3) is 0 Å².